The summed E-state index contributed by atoms with van der Waals surface area (Å²) in [5.41, 5.74) is 2.44. The molecule has 0 heterocycles. The van der Waals surface area contributed by atoms with Crippen LogP contribution >= 0.6 is 15.9 Å². The number of nitrogens with zero attached hydrogens (tertiary/aromatic N) is 3. The predicted molar refractivity (Wildman–Crippen MR) is 56.4 cm³/mol. The van der Waals surface area contributed by atoms with Gasteiger partial charge in [-0.2, -0.15) is 15.6 Å². The Balaban J connectivity index is 2.84. The third-order valence-corrected chi connectivity index (χ3v) is 2.07. The monoisotopic (exact) mass is 266 g/mol. The van der Waals surface area contributed by atoms with Gasteiger partial charge < -0.3 is 0 Å². The highest BCUT2D eigenvalue weighted by molar-refractivity contribution is 9.10. The molecule has 0 amide bonds. The molecule has 1 N–H and O–H groups in total. The summed E-state index contributed by atoms with van der Waals surface area (Å²) in [6.07, 6.45) is 0. The van der Waals surface area contributed by atoms with E-state index in [4.69, 9.17) is 10.5 Å². The highest BCUT2D eigenvalue weighted by Crippen LogP contribution is 2.19. The Bertz CT molecular complexity index is 468. The maximum atomic E-state index is 13.0. The van der Waals surface area contributed by atoms with Crippen LogP contribution in [0.25, 0.3) is 0 Å². The normalized spacial score (nSPS) is 8.53. The lowest BCUT2D eigenvalue weighted by molar-refractivity contribution is 0.621. The second-order valence-corrected chi connectivity index (χ2v) is 3.28. The summed E-state index contributed by atoms with van der Waals surface area (Å²) < 4.78 is 13.3. The van der Waals surface area contributed by atoms with Gasteiger partial charge in [0.15, 0.2) is 0 Å². The van der Waals surface area contributed by atoms with Gasteiger partial charge in [0.2, 0.25) is 5.71 Å². The van der Waals surface area contributed by atoms with E-state index in [0.29, 0.717) is 10.2 Å². The van der Waals surface area contributed by atoms with Crippen molar-refractivity contribution in [2.75, 3.05) is 5.43 Å². The Kier molecular flexibility index (Phi) is 3.78. The molecule has 1 rings (SSSR count). The summed E-state index contributed by atoms with van der Waals surface area (Å²) in [7, 11) is 0. The summed E-state index contributed by atoms with van der Waals surface area (Å²) in [5, 5.41) is 20.2. The van der Waals surface area contributed by atoms with E-state index in [1.54, 1.807) is 18.2 Å². The first-order chi connectivity index (χ1) is 7.17. The van der Waals surface area contributed by atoms with Crippen LogP contribution in [0.15, 0.2) is 27.8 Å². The van der Waals surface area contributed by atoms with Gasteiger partial charge in [0, 0.05) is 6.07 Å². The molecule has 0 radical (unpaired) electrons. The molecule has 74 valence electrons. The number of nitrogens with one attached hydrogen (secondary N) is 1. The number of halogens is 2. The van der Waals surface area contributed by atoms with E-state index in [9.17, 15) is 4.39 Å². The highest BCUT2D eigenvalue weighted by atomic mass is 79.9. The minimum atomic E-state index is -0.453. The van der Waals surface area contributed by atoms with E-state index >= 15 is 0 Å². The number of benzene rings is 1. The third kappa shape index (κ3) is 3.04. The van der Waals surface area contributed by atoms with Crippen LogP contribution in [-0.2, 0) is 0 Å². The van der Waals surface area contributed by atoms with E-state index in [2.05, 4.69) is 26.5 Å². The second kappa shape index (κ2) is 5.08. The fourth-order valence-corrected chi connectivity index (χ4v) is 1.01. The fraction of sp³-hybridized carbons (Fsp3) is 0. The van der Waals surface area contributed by atoms with Crippen molar-refractivity contribution < 1.29 is 4.39 Å². The Morgan fingerprint density at radius 2 is 2.07 bits per heavy atom. The van der Waals surface area contributed by atoms with Crippen molar-refractivity contribution in [3.8, 4) is 12.1 Å². The van der Waals surface area contributed by atoms with Crippen LogP contribution in [0.2, 0.25) is 0 Å². The van der Waals surface area contributed by atoms with Crippen molar-refractivity contribution in [3.05, 3.63) is 28.5 Å². The van der Waals surface area contributed by atoms with E-state index in [1.807, 2.05) is 0 Å². The summed E-state index contributed by atoms with van der Waals surface area (Å²) in [5.74, 6) is -0.453. The minimum absolute atomic E-state index is 0.321. The largest absolute Gasteiger partial charge is 0.276 e. The first kappa shape index (κ1) is 11.2. The van der Waals surface area contributed by atoms with Crippen LogP contribution < -0.4 is 5.43 Å². The molecule has 4 nitrogen and oxygen atoms in total. The molecule has 1 aromatic carbocycles. The summed E-state index contributed by atoms with van der Waals surface area (Å²) >= 11 is 2.99. The molecule has 0 aromatic heterocycles. The SMILES string of the molecule is N#CC(C#N)=NNc1ccc(Br)c(F)c1. The zero-order chi connectivity index (χ0) is 11.3. The average Bonchev–Trinajstić information content (AvgIpc) is 2.24. The second-order valence-electron chi connectivity index (χ2n) is 2.42. The van der Waals surface area contributed by atoms with E-state index < -0.39 is 5.82 Å². The molecular weight excluding hydrogens is 263 g/mol. The van der Waals surface area contributed by atoms with Crippen molar-refractivity contribution in [2.45, 2.75) is 0 Å². The van der Waals surface area contributed by atoms with Gasteiger partial charge in [0.05, 0.1) is 10.2 Å². The molecule has 15 heavy (non-hydrogen) atoms. The molecule has 1 aromatic rings. The summed E-state index contributed by atoms with van der Waals surface area (Å²) in [6, 6.07) is 7.39. The van der Waals surface area contributed by atoms with Crippen LogP contribution in [0.4, 0.5) is 10.1 Å². The van der Waals surface area contributed by atoms with Gasteiger partial charge in [0.1, 0.15) is 18.0 Å². The lowest BCUT2D eigenvalue weighted by atomic mass is 10.3. The Hall–Kier alpha value is -1.92. The first-order valence-corrected chi connectivity index (χ1v) is 4.55. The molecule has 0 fully saturated rings. The molecule has 0 aliphatic rings. The van der Waals surface area contributed by atoms with Gasteiger partial charge in [-0.25, -0.2) is 4.39 Å². The number of nitriles is 2. The lowest BCUT2D eigenvalue weighted by Crippen LogP contribution is -1.96. The number of rotatable bonds is 2. The molecule has 0 bridgehead atoms. The molecule has 0 unspecified atom stereocenters. The molecular formula is C9H4BrFN4. The number of anilines is 1. The standard InChI is InChI=1S/C9H4BrFN4/c10-8-2-1-6(3-9(8)11)14-15-7(4-12)5-13/h1-3,14H. The molecule has 0 saturated carbocycles. The lowest BCUT2D eigenvalue weighted by Gasteiger charge is -2.00. The predicted octanol–water partition coefficient (Wildman–Crippen LogP) is 2.40. The smallest absolute Gasteiger partial charge is 0.237 e. The summed E-state index contributed by atoms with van der Waals surface area (Å²) in [4.78, 5) is 0. The molecule has 0 saturated heterocycles. The van der Waals surface area contributed by atoms with E-state index in [-0.39, 0.29) is 5.71 Å². The molecule has 0 atom stereocenters. The maximum absolute atomic E-state index is 13.0. The van der Waals surface area contributed by atoms with Gasteiger partial charge >= 0.3 is 0 Å². The Labute approximate surface area is 93.8 Å². The van der Waals surface area contributed by atoms with Crippen LogP contribution in [0.3, 0.4) is 0 Å². The molecule has 6 heteroatoms. The Morgan fingerprint density at radius 3 is 2.60 bits per heavy atom. The van der Waals surface area contributed by atoms with Crippen LogP contribution in [0.5, 0.6) is 0 Å². The summed E-state index contributed by atoms with van der Waals surface area (Å²) in [6.45, 7) is 0. The molecule has 0 aliphatic heterocycles. The molecule has 0 aliphatic carbocycles. The fourth-order valence-electron chi connectivity index (χ4n) is 0.761. The van der Waals surface area contributed by atoms with Gasteiger partial charge in [-0.15, -0.1) is 0 Å². The number of hydrogen-bond donors (Lipinski definition) is 1. The third-order valence-electron chi connectivity index (χ3n) is 1.43. The quantitative estimate of drug-likeness (QED) is 0.660. The van der Waals surface area contributed by atoms with Crippen molar-refractivity contribution >= 4 is 27.3 Å². The van der Waals surface area contributed by atoms with Gasteiger partial charge in [-0.05, 0) is 28.1 Å². The average molecular weight is 267 g/mol. The molecule has 0 spiro atoms. The maximum Gasteiger partial charge on any atom is 0.237 e. The van der Waals surface area contributed by atoms with Gasteiger partial charge in [0.25, 0.3) is 0 Å². The van der Waals surface area contributed by atoms with Crippen molar-refractivity contribution in [1.82, 2.24) is 0 Å². The number of hydrogen-bond acceptors (Lipinski definition) is 4. The van der Waals surface area contributed by atoms with Crippen LogP contribution in [0.1, 0.15) is 0 Å². The van der Waals surface area contributed by atoms with Crippen molar-refractivity contribution in [1.29, 1.82) is 10.5 Å². The zero-order valence-corrected chi connectivity index (χ0v) is 8.92. The number of hydrazone groups is 1. The Morgan fingerprint density at radius 1 is 1.40 bits per heavy atom. The van der Waals surface area contributed by atoms with Crippen molar-refractivity contribution in [2.24, 2.45) is 5.10 Å². The van der Waals surface area contributed by atoms with Crippen LogP contribution in [-0.4, -0.2) is 5.71 Å². The van der Waals surface area contributed by atoms with Crippen LogP contribution in [0, 0.1) is 28.5 Å². The first-order valence-electron chi connectivity index (χ1n) is 3.76. The highest BCUT2D eigenvalue weighted by Gasteiger charge is 2.00. The van der Waals surface area contributed by atoms with Gasteiger partial charge in [-0.1, -0.05) is 0 Å². The minimum Gasteiger partial charge on any atom is -0.276 e. The van der Waals surface area contributed by atoms with Crippen molar-refractivity contribution in [3.63, 3.8) is 0 Å². The topological polar surface area (TPSA) is 72.0 Å². The van der Waals surface area contributed by atoms with E-state index in [0.717, 1.165) is 0 Å². The zero-order valence-electron chi connectivity index (χ0n) is 7.33. The van der Waals surface area contributed by atoms with Gasteiger partial charge in [-0.3, -0.25) is 5.43 Å². The van der Waals surface area contributed by atoms with E-state index in [1.165, 1.54) is 12.1 Å².